The Morgan fingerprint density at radius 3 is 1.74 bits per heavy atom. The maximum Gasteiger partial charge on any atom is 0.314 e. The molecule has 384 valence electrons. The molecule has 0 aromatic carbocycles. The van der Waals surface area contributed by atoms with Gasteiger partial charge in [-0.05, 0) is 101 Å². The summed E-state index contributed by atoms with van der Waals surface area (Å²) in [5.41, 5.74) is -0.732. The molecule has 2 aliphatic heterocycles. The van der Waals surface area contributed by atoms with E-state index in [0.29, 0.717) is 44.9 Å². The van der Waals surface area contributed by atoms with Crippen molar-refractivity contribution in [3.63, 3.8) is 0 Å². The van der Waals surface area contributed by atoms with Crippen LogP contribution in [-0.4, -0.2) is 215 Å². The van der Waals surface area contributed by atoms with Gasteiger partial charge < -0.3 is 105 Å². The van der Waals surface area contributed by atoms with Crippen molar-refractivity contribution >= 4 is 5.97 Å². The van der Waals surface area contributed by atoms with Gasteiger partial charge in [-0.3, -0.25) is 4.79 Å². The highest BCUT2D eigenvalue weighted by Crippen LogP contribution is 2.64. The molecule has 5 fully saturated rings. The van der Waals surface area contributed by atoms with Crippen molar-refractivity contribution in [3.8, 4) is 0 Å². The smallest absolute Gasteiger partial charge is 0.314 e. The maximum atomic E-state index is 14.6. The van der Waals surface area contributed by atoms with Gasteiger partial charge in [0.2, 0.25) is 6.29 Å². The Balaban J connectivity index is 1.34. The average molecular weight is 957 g/mol. The number of hydrogen-bond acceptors (Lipinski definition) is 22. The van der Waals surface area contributed by atoms with Gasteiger partial charge in [0.25, 0.3) is 6.29 Å². The van der Waals surface area contributed by atoms with Gasteiger partial charge >= 0.3 is 5.97 Å². The van der Waals surface area contributed by atoms with Crippen molar-refractivity contribution in [2.75, 3.05) is 26.4 Å². The van der Waals surface area contributed by atoms with Crippen LogP contribution < -0.4 is 0 Å². The number of carbonyl (C=O) groups is 1. The van der Waals surface area contributed by atoms with Crippen LogP contribution in [-0.2, 0) is 38.0 Å². The highest BCUT2D eigenvalue weighted by atomic mass is 16.8. The minimum atomic E-state index is -2.23. The molecule has 0 aromatic heterocycles. The lowest BCUT2D eigenvalue weighted by molar-refractivity contribution is -0.366. The quantitative estimate of drug-likeness (QED) is 0.0321. The number of allylic oxidation sites excluding steroid dienone is 1. The van der Waals surface area contributed by atoms with E-state index < -0.39 is 154 Å². The second kappa shape index (κ2) is 23.5. The third kappa shape index (κ3) is 11.9. The molecule has 0 bridgehead atoms. The van der Waals surface area contributed by atoms with Crippen LogP contribution in [0.2, 0.25) is 0 Å². The van der Waals surface area contributed by atoms with Crippen molar-refractivity contribution < 1.29 is 109 Å². The average Bonchev–Trinajstić information content (AvgIpc) is 3.44. The molecule has 0 spiro atoms. The number of aliphatic hydroxyl groups excluding tert-OH is 14. The fraction of sp³-hybridized carbons (Fsp3) is 0.932. The molecule has 22 heteroatoms. The monoisotopic (exact) mass is 956 g/mol. The van der Waals surface area contributed by atoms with E-state index in [-0.39, 0.29) is 30.1 Å². The lowest BCUT2D eigenvalue weighted by atomic mass is 9.45. The van der Waals surface area contributed by atoms with Crippen LogP contribution in [0.25, 0.3) is 0 Å². The lowest BCUT2D eigenvalue weighted by Gasteiger charge is -2.59. The molecule has 14 N–H and O–H groups in total. The van der Waals surface area contributed by atoms with Crippen LogP contribution in [0.4, 0.5) is 0 Å². The topological polar surface area (TPSA) is 365 Å². The summed E-state index contributed by atoms with van der Waals surface area (Å²) in [5, 5.41) is 145. The Labute approximate surface area is 384 Å². The minimum Gasteiger partial charge on any atom is -0.430 e. The summed E-state index contributed by atoms with van der Waals surface area (Å²) < 4.78 is 39.6. The van der Waals surface area contributed by atoms with Gasteiger partial charge in [-0.1, -0.05) is 25.5 Å². The van der Waals surface area contributed by atoms with E-state index in [9.17, 15) is 76.3 Å². The van der Waals surface area contributed by atoms with Crippen LogP contribution in [0.15, 0.2) is 12.2 Å². The van der Waals surface area contributed by atoms with E-state index >= 15 is 0 Å². The molecule has 66 heavy (non-hydrogen) atoms. The first kappa shape index (κ1) is 55.3. The van der Waals surface area contributed by atoms with E-state index in [2.05, 4.69) is 13.5 Å². The molecule has 5 rings (SSSR count). The summed E-state index contributed by atoms with van der Waals surface area (Å²) in [6, 6.07) is 0. The lowest BCUT2D eigenvalue weighted by Crippen LogP contribution is -2.60. The van der Waals surface area contributed by atoms with Gasteiger partial charge in [-0.25, -0.2) is 0 Å². The summed E-state index contributed by atoms with van der Waals surface area (Å²) in [4.78, 5) is 14.6. The van der Waals surface area contributed by atoms with Crippen LogP contribution in [0.1, 0.15) is 85.5 Å². The van der Waals surface area contributed by atoms with Crippen molar-refractivity contribution in [3.05, 3.63) is 12.2 Å². The van der Waals surface area contributed by atoms with Gasteiger partial charge in [0.15, 0.2) is 18.9 Å². The van der Waals surface area contributed by atoms with E-state index in [1.165, 1.54) is 13.8 Å². The van der Waals surface area contributed by atoms with Gasteiger partial charge in [-0.15, -0.1) is 0 Å². The van der Waals surface area contributed by atoms with E-state index in [1.807, 2.05) is 0 Å². The number of fused-ring (bicyclic) bond motifs is 3. The van der Waals surface area contributed by atoms with Crippen LogP contribution >= 0.6 is 0 Å². The van der Waals surface area contributed by atoms with Crippen molar-refractivity contribution in [1.82, 2.24) is 0 Å². The first-order chi connectivity index (χ1) is 31.1. The predicted molar refractivity (Wildman–Crippen MR) is 224 cm³/mol. The van der Waals surface area contributed by atoms with E-state index in [0.717, 1.165) is 12.0 Å². The van der Waals surface area contributed by atoms with Crippen LogP contribution in [0.5, 0.6) is 0 Å². The van der Waals surface area contributed by atoms with Crippen molar-refractivity contribution in [1.29, 1.82) is 0 Å². The molecule has 22 nitrogen and oxygen atoms in total. The number of aliphatic hydroxyl groups is 14. The maximum absolute atomic E-state index is 14.6. The Hall–Kier alpha value is -1.59. The second-order valence-electron chi connectivity index (χ2n) is 19.6. The Morgan fingerprint density at radius 1 is 0.697 bits per heavy atom. The summed E-state index contributed by atoms with van der Waals surface area (Å²) >= 11 is 0. The normalized spacial score (nSPS) is 42.4. The van der Waals surface area contributed by atoms with Gasteiger partial charge in [0, 0.05) is 0 Å². The fourth-order valence-electron chi connectivity index (χ4n) is 11.3. The number of hydrogen-bond donors (Lipinski definition) is 14. The summed E-state index contributed by atoms with van der Waals surface area (Å²) in [6.45, 7) is 8.21. The third-order valence-corrected chi connectivity index (χ3v) is 15.2. The SMILES string of the molecule is C=C1CC2CCC3[C@](C)(C(=O)OC(OC(CO)C(C)O)C(O)OC4OC(CO)C(O)C(O)C4O)CCC[C@@]3(C)[C@@H]2CCC1CC(OC(CO)C(C)O)C(O)OC1OC(CO)C(O)C(O)C1O. The first-order valence-corrected chi connectivity index (χ1v) is 23.1. The fourth-order valence-corrected chi connectivity index (χ4v) is 11.3. The van der Waals surface area contributed by atoms with Crippen LogP contribution in [0, 0.1) is 34.5 Å². The molecular weight excluding hydrogens is 880 g/mol. The summed E-state index contributed by atoms with van der Waals surface area (Å²) in [7, 11) is 0. The Morgan fingerprint density at radius 2 is 1.23 bits per heavy atom. The first-order valence-electron chi connectivity index (χ1n) is 23.1. The standard InChI is InChI=1S/C44H76O22/c1-19-13-23-8-10-30-43(4,24(23)9-7-22(19)14-25(60-26(15-45)20(2)49)37(57)64-39-35(55)33(53)31(51)28(17-47)62-39)11-6-12-44(30,5)42(59)66-41(61-27(16-46)21(3)50)38(58)65-40-36(56)34(54)32(52)29(18-48)63-40/h20-41,45-58H,1,6-18H2,2-5H3/t20?,21?,22?,23?,24-,25?,26?,27?,28?,29?,30?,31?,32?,33?,34?,35?,36?,37?,38?,39?,40?,41?,43+,44-/m1/s1. The highest BCUT2D eigenvalue weighted by Gasteiger charge is 2.60. The van der Waals surface area contributed by atoms with Gasteiger partial charge in [-0.2, -0.15) is 0 Å². The van der Waals surface area contributed by atoms with E-state index in [4.69, 9.17) is 33.2 Å². The molecular formula is C44H76O22. The Bertz CT molecular complexity index is 1540. The third-order valence-electron chi connectivity index (χ3n) is 15.2. The second-order valence-corrected chi connectivity index (χ2v) is 19.6. The van der Waals surface area contributed by atoms with E-state index in [1.54, 1.807) is 6.92 Å². The molecule has 0 radical (unpaired) electrons. The molecule has 21 unspecified atom stereocenters. The van der Waals surface area contributed by atoms with Gasteiger partial charge in [0.1, 0.15) is 67.1 Å². The molecule has 24 atom stereocenters. The number of carbonyl (C=O) groups excluding carboxylic acids is 1. The minimum absolute atomic E-state index is 0.0592. The highest BCUT2D eigenvalue weighted by molar-refractivity contribution is 5.77. The van der Waals surface area contributed by atoms with Gasteiger partial charge in [0.05, 0.1) is 44.1 Å². The Kier molecular flexibility index (Phi) is 19.7. The number of ether oxygens (including phenoxy) is 7. The predicted octanol–water partition coefficient (Wildman–Crippen LogP) is -3.40. The molecule has 2 saturated heterocycles. The van der Waals surface area contributed by atoms with Crippen molar-refractivity contribution in [2.24, 2.45) is 34.5 Å². The largest absolute Gasteiger partial charge is 0.430 e. The number of rotatable bonds is 20. The summed E-state index contributed by atoms with van der Waals surface area (Å²) in [5.74, 6) is -1.11. The van der Waals surface area contributed by atoms with Crippen LogP contribution in [0.3, 0.4) is 0 Å². The zero-order chi connectivity index (χ0) is 49.0. The molecule has 0 amide bonds. The summed E-state index contributed by atoms with van der Waals surface area (Å²) in [6.07, 6.45) is -24.4. The zero-order valence-electron chi connectivity index (χ0n) is 38.1. The molecule has 2 heterocycles. The number of esters is 1. The molecule has 3 saturated carbocycles. The molecule has 3 aliphatic carbocycles. The van der Waals surface area contributed by atoms with Crippen molar-refractivity contribution in [2.45, 2.75) is 196 Å². The molecule has 5 aliphatic rings. The molecule has 0 aromatic rings. The zero-order valence-corrected chi connectivity index (χ0v) is 38.1.